The number of carboxylic acid groups (broad SMARTS) is 1. The summed E-state index contributed by atoms with van der Waals surface area (Å²) in [5.74, 6) is -1.32. The highest BCUT2D eigenvalue weighted by Gasteiger charge is 2.24. The molecule has 0 aliphatic carbocycles. The lowest BCUT2D eigenvalue weighted by atomic mass is 10.2. The van der Waals surface area contributed by atoms with E-state index in [4.69, 9.17) is 14.9 Å². The second-order valence-electron chi connectivity index (χ2n) is 3.91. The van der Waals surface area contributed by atoms with Gasteiger partial charge < -0.3 is 20.3 Å². The summed E-state index contributed by atoms with van der Waals surface area (Å²) in [6, 6.07) is 7.45. The summed E-state index contributed by atoms with van der Waals surface area (Å²) in [6.07, 6.45) is -0.408. The van der Waals surface area contributed by atoms with Crippen molar-refractivity contribution in [3.8, 4) is 5.75 Å². The number of carboxylic acids is 1. The quantitative estimate of drug-likeness (QED) is 0.665. The highest BCUT2D eigenvalue weighted by Crippen LogP contribution is 2.12. The molecule has 2 atom stereocenters. The van der Waals surface area contributed by atoms with E-state index in [0.29, 0.717) is 12.2 Å². The van der Waals surface area contributed by atoms with Gasteiger partial charge in [0, 0.05) is 0 Å². The molecule has 0 radical (unpaired) electrons. The molecule has 6 nitrogen and oxygen atoms in total. The maximum Gasteiger partial charge on any atom is 0.328 e. The number of benzene rings is 1. The molecule has 3 N–H and O–H groups in total. The molecule has 0 fully saturated rings. The van der Waals surface area contributed by atoms with Crippen LogP contribution in [0.25, 0.3) is 0 Å². The van der Waals surface area contributed by atoms with Crippen LogP contribution in [0.1, 0.15) is 13.3 Å². The van der Waals surface area contributed by atoms with Gasteiger partial charge in [0.1, 0.15) is 11.8 Å². The molecular formula is C13H17NO5. The zero-order valence-electron chi connectivity index (χ0n) is 10.6. The van der Waals surface area contributed by atoms with Crippen molar-refractivity contribution in [3.05, 3.63) is 30.3 Å². The van der Waals surface area contributed by atoms with E-state index < -0.39 is 30.6 Å². The fourth-order valence-corrected chi connectivity index (χ4v) is 1.44. The van der Waals surface area contributed by atoms with Crippen LogP contribution in [0.3, 0.4) is 0 Å². The number of aliphatic hydroxyl groups excluding tert-OH is 1. The van der Waals surface area contributed by atoms with Crippen LogP contribution in [0.2, 0.25) is 0 Å². The van der Waals surface area contributed by atoms with Gasteiger partial charge >= 0.3 is 5.97 Å². The standard InChI is InChI=1S/C13H17NO5/c1-2-11(19-9-6-4-3-5-7-9)12(16)14-10(8-15)13(17)18/h3-7,10-11,15H,2,8H2,1H3,(H,14,16)(H,17,18)/t10-,11?/m1/s1. The highest BCUT2D eigenvalue weighted by molar-refractivity contribution is 5.86. The number of ether oxygens (including phenoxy) is 1. The van der Waals surface area contributed by atoms with Gasteiger partial charge in [-0.2, -0.15) is 0 Å². The van der Waals surface area contributed by atoms with Gasteiger partial charge in [-0.3, -0.25) is 4.79 Å². The van der Waals surface area contributed by atoms with E-state index in [9.17, 15) is 9.59 Å². The van der Waals surface area contributed by atoms with Crippen LogP contribution < -0.4 is 10.1 Å². The molecule has 104 valence electrons. The Balaban J connectivity index is 2.64. The Hall–Kier alpha value is -2.08. The van der Waals surface area contributed by atoms with E-state index >= 15 is 0 Å². The Kier molecular flexibility index (Phi) is 5.81. The predicted molar refractivity (Wildman–Crippen MR) is 67.8 cm³/mol. The number of hydrogen-bond acceptors (Lipinski definition) is 4. The minimum absolute atomic E-state index is 0.387. The third-order valence-electron chi connectivity index (χ3n) is 2.48. The number of amides is 1. The van der Waals surface area contributed by atoms with E-state index in [1.165, 1.54) is 0 Å². The first kappa shape index (κ1) is 15.0. The molecule has 0 aliphatic rings. The van der Waals surface area contributed by atoms with Crippen molar-refractivity contribution < 1.29 is 24.5 Å². The van der Waals surface area contributed by atoms with Crippen LogP contribution in [0.4, 0.5) is 0 Å². The summed E-state index contributed by atoms with van der Waals surface area (Å²) in [5.41, 5.74) is 0. The molecule has 0 bridgehead atoms. The topological polar surface area (TPSA) is 95.9 Å². The summed E-state index contributed by atoms with van der Waals surface area (Å²) >= 11 is 0. The Bertz CT molecular complexity index is 420. The molecule has 1 aromatic carbocycles. The Labute approximate surface area is 111 Å². The molecule has 1 amide bonds. The van der Waals surface area contributed by atoms with Gasteiger partial charge in [0.05, 0.1) is 6.61 Å². The summed E-state index contributed by atoms with van der Waals surface area (Å²) in [7, 11) is 0. The fourth-order valence-electron chi connectivity index (χ4n) is 1.44. The van der Waals surface area contributed by atoms with E-state index in [-0.39, 0.29) is 0 Å². The molecule has 6 heteroatoms. The Morgan fingerprint density at radius 1 is 1.32 bits per heavy atom. The Morgan fingerprint density at radius 2 is 1.95 bits per heavy atom. The van der Waals surface area contributed by atoms with Gasteiger partial charge in [0.15, 0.2) is 6.10 Å². The van der Waals surface area contributed by atoms with Gasteiger partial charge in [0.2, 0.25) is 0 Å². The van der Waals surface area contributed by atoms with Crippen LogP contribution in [-0.2, 0) is 9.59 Å². The molecule has 0 aliphatic heterocycles. The molecular weight excluding hydrogens is 250 g/mol. The number of hydrogen-bond donors (Lipinski definition) is 3. The van der Waals surface area contributed by atoms with Gasteiger partial charge in [-0.15, -0.1) is 0 Å². The molecule has 0 saturated heterocycles. The number of rotatable bonds is 7. The van der Waals surface area contributed by atoms with Crippen molar-refractivity contribution in [3.63, 3.8) is 0 Å². The van der Waals surface area contributed by atoms with E-state index in [0.717, 1.165) is 0 Å². The van der Waals surface area contributed by atoms with Crippen LogP contribution in [0, 0.1) is 0 Å². The largest absolute Gasteiger partial charge is 0.481 e. The van der Waals surface area contributed by atoms with Gasteiger partial charge in [0.25, 0.3) is 5.91 Å². The summed E-state index contributed by atoms with van der Waals surface area (Å²) < 4.78 is 5.46. The lowest BCUT2D eigenvalue weighted by molar-refractivity contribution is -0.144. The fraction of sp³-hybridized carbons (Fsp3) is 0.385. The average Bonchev–Trinajstić information content (AvgIpc) is 2.42. The van der Waals surface area contributed by atoms with Crippen LogP contribution in [0.15, 0.2) is 30.3 Å². The first-order valence-corrected chi connectivity index (χ1v) is 5.94. The van der Waals surface area contributed by atoms with Gasteiger partial charge in [-0.1, -0.05) is 25.1 Å². The molecule has 1 rings (SSSR count). The van der Waals surface area contributed by atoms with Crippen LogP contribution in [0.5, 0.6) is 5.75 Å². The van der Waals surface area contributed by atoms with Gasteiger partial charge in [-0.25, -0.2) is 4.79 Å². The Morgan fingerprint density at radius 3 is 2.42 bits per heavy atom. The maximum absolute atomic E-state index is 11.8. The molecule has 1 unspecified atom stereocenters. The number of para-hydroxylation sites is 1. The molecule has 1 aromatic rings. The van der Waals surface area contributed by atoms with E-state index in [1.807, 2.05) is 6.07 Å². The van der Waals surface area contributed by atoms with Crippen LogP contribution >= 0.6 is 0 Å². The van der Waals surface area contributed by atoms with Gasteiger partial charge in [-0.05, 0) is 18.6 Å². The number of carbonyl (C=O) groups excluding carboxylic acids is 1. The van der Waals surface area contributed by atoms with E-state index in [1.54, 1.807) is 31.2 Å². The first-order chi connectivity index (χ1) is 9.08. The number of carbonyl (C=O) groups is 2. The average molecular weight is 267 g/mol. The second-order valence-corrected chi connectivity index (χ2v) is 3.91. The third kappa shape index (κ3) is 4.59. The van der Waals surface area contributed by atoms with E-state index in [2.05, 4.69) is 5.32 Å². The minimum atomic E-state index is -1.32. The summed E-state index contributed by atoms with van der Waals surface area (Å²) in [5, 5.41) is 19.8. The second kappa shape index (κ2) is 7.38. The van der Waals surface area contributed by atoms with Crippen molar-refractivity contribution in [1.82, 2.24) is 5.32 Å². The minimum Gasteiger partial charge on any atom is -0.481 e. The summed E-state index contributed by atoms with van der Waals surface area (Å²) in [6.45, 7) is 1.09. The lowest BCUT2D eigenvalue weighted by Crippen LogP contribution is -2.48. The van der Waals surface area contributed by atoms with Crippen molar-refractivity contribution in [2.75, 3.05) is 6.61 Å². The van der Waals surface area contributed by atoms with Crippen molar-refractivity contribution in [2.24, 2.45) is 0 Å². The van der Waals surface area contributed by atoms with Crippen LogP contribution in [-0.4, -0.2) is 40.8 Å². The third-order valence-corrected chi connectivity index (χ3v) is 2.48. The predicted octanol–water partition coefficient (Wildman–Crippen LogP) is 0.406. The normalized spacial score (nSPS) is 13.4. The molecule has 0 heterocycles. The zero-order chi connectivity index (χ0) is 14.3. The molecule has 0 aromatic heterocycles. The van der Waals surface area contributed by atoms with Crippen molar-refractivity contribution >= 4 is 11.9 Å². The molecule has 19 heavy (non-hydrogen) atoms. The van der Waals surface area contributed by atoms with Crippen molar-refractivity contribution in [1.29, 1.82) is 0 Å². The monoisotopic (exact) mass is 267 g/mol. The number of nitrogens with one attached hydrogen (secondary N) is 1. The zero-order valence-corrected chi connectivity index (χ0v) is 10.6. The molecule has 0 spiro atoms. The number of aliphatic carboxylic acids is 1. The van der Waals surface area contributed by atoms with Crippen molar-refractivity contribution in [2.45, 2.75) is 25.5 Å². The summed E-state index contributed by atoms with van der Waals surface area (Å²) in [4.78, 5) is 22.6. The number of aliphatic hydroxyl groups is 1. The maximum atomic E-state index is 11.8. The smallest absolute Gasteiger partial charge is 0.328 e. The SMILES string of the molecule is CCC(Oc1ccccc1)C(=O)N[C@H](CO)C(=O)O. The first-order valence-electron chi connectivity index (χ1n) is 5.94. The molecule has 0 saturated carbocycles. The lowest BCUT2D eigenvalue weighted by Gasteiger charge is -2.19. The highest BCUT2D eigenvalue weighted by atomic mass is 16.5.